The number of aryl methyl sites for hydroxylation is 1. The lowest BCUT2D eigenvalue weighted by atomic mass is 10.2. The van der Waals surface area contributed by atoms with Crippen LogP contribution >= 0.6 is 23.2 Å². The number of benzene rings is 2. The number of fused-ring (bicyclic) bond motifs is 1. The molecule has 0 aliphatic heterocycles. The molecule has 0 atom stereocenters. The van der Waals surface area contributed by atoms with Crippen molar-refractivity contribution in [3.05, 3.63) is 45.9 Å². The van der Waals surface area contributed by atoms with E-state index in [0.717, 1.165) is 34.5 Å². The number of oxazole rings is 1. The molecule has 0 bridgehead atoms. The van der Waals surface area contributed by atoms with Gasteiger partial charge in [-0.25, -0.2) is 4.98 Å². The molecule has 0 amide bonds. The molecule has 0 spiro atoms. The van der Waals surface area contributed by atoms with Crippen LogP contribution in [0, 0.1) is 6.92 Å². The van der Waals surface area contributed by atoms with Gasteiger partial charge in [0.2, 0.25) is 5.89 Å². The molecule has 0 fully saturated rings. The molecule has 108 valence electrons. The van der Waals surface area contributed by atoms with Gasteiger partial charge < -0.3 is 9.73 Å². The minimum Gasteiger partial charge on any atom is -0.436 e. The van der Waals surface area contributed by atoms with E-state index in [1.165, 1.54) is 0 Å². The van der Waals surface area contributed by atoms with Gasteiger partial charge in [0, 0.05) is 17.3 Å². The third-order valence-electron chi connectivity index (χ3n) is 3.22. The van der Waals surface area contributed by atoms with Gasteiger partial charge in [-0.2, -0.15) is 0 Å². The summed E-state index contributed by atoms with van der Waals surface area (Å²) in [5, 5.41) is 4.40. The van der Waals surface area contributed by atoms with Crippen molar-refractivity contribution >= 4 is 40.0 Å². The summed E-state index contributed by atoms with van der Waals surface area (Å²) in [6.07, 6.45) is 0. The molecular weight excluding hydrogens is 307 g/mol. The van der Waals surface area contributed by atoms with E-state index in [0.29, 0.717) is 15.9 Å². The highest BCUT2D eigenvalue weighted by Crippen LogP contribution is 2.33. The lowest BCUT2D eigenvalue weighted by Gasteiger charge is -2.03. The number of nitrogens with zero attached hydrogens (tertiary/aromatic N) is 1. The summed E-state index contributed by atoms with van der Waals surface area (Å²) in [5.41, 5.74) is 4.39. The van der Waals surface area contributed by atoms with Crippen molar-refractivity contribution < 1.29 is 4.42 Å². The zero-order chi connectivity index (χ0) is 15.0. The van der Waals surface area contributed by atoms with Crippen LogP contribution < -0.4 is 5.32 Å². The van der Waals surface area contributed by atoms with E-state index in [4.69, 9.17) is 27.6 Å². The fourth-order valence-corrected chi connectivity index (χ4v) is 2.77. The molecule has 3 aromatic rings. The Balaban J connectivity index is 2.14. The van der Waals surface area contributed by atoms with Crippen molar-refractivity contribution in [2.75, 3.05) is 11.9 Å². The van der Waals surface area contributed by atoms with Crippen LogP contribution in [0.2, 0.25) is 10.0 Å². The summed E-state index contributed by atoms with van der Waals surface area (Å²) in [6.45, 7) is 4.92. The van der Waals surface area contributed by atoms with Gasteiger partial charge in [-0.3, -0.25) is 0 Å². The minimum absolute atomic E-state index is 0.503. The van der Waals surface area contributed by atoms with E-state index in [9.17, 15) is 0 Å². The van der Waals surface area contributed by atoms with Crippen molar-refractivity contribution in [3.8, 4) is 11.5 Å². The van der Waals surface area contributed by atoms with E-state index >= 15 is 0 Å². The van der Waals surface area contributed by atoms with E-state index < -0.39 is 0 Å². The molecule has 0 unspecified atom stereocenters. The number of hydrogen-bond acceptors (Lipinski definition) is 3. The van der Waals surface area contributed by atoms with Gasteiger partial charge in [-0.05, 0) is 49.7 Å². The maximum absolute atomic E-state index is 6.22. The molecule has 0 aliphatic rings. The van der Waals surface area contributed by atoms with Crippen molar-refractivity contribution in [3.63, 3.8) is 0 Å². The van der Waals surface area contributed by atoms with Crippen LogP contribution in [0.1, 0.15) is 12.5 Å². The van der Waals surface area contributed by atoms with Crippen molar-refractivity contribution in [2.45, 2.75) is 13.8 Å². The van der Waals surface area contributed by atoms with E-state index in [1.54, 1.807) is 12.1 Å². The molecule has 2 aromatic carbocycles. The Hall–Kier alpha value is -1.71. The normalized spacial score (nSPS) is 11.0. The molecule has 1 N–H and O–H groups in total. The summed E-state index contributed by atoms with van der Waals surface area (Å²) in [6, 6.07) is 9.29. The Labute approximate surface area is 132 Å². The number of anilines is 1. The van der Waals surface area contributed by atoms with Gasteiger partial charge in [-0.15, -0.1) is 0 Å². The van der Waals surface area contributed by atoms with Crippen LogP contribution in [0.15, 0.2) is 34.7 Å². The van der Waals surface area contributed by atoms with Crippen LogP contribution in [0.25, 0.3) is 22.6 Å². The highest BCUT2D eigenvalue weighted by atomic mass is 35.5. The Morgan fingerprint density at radius 3 is 2.71 bits per heavy atom. The average Bonchev–Trinajstić information content (AvgIpc) is 2.83. The molecule has 0 saturated carbocycles. The molecule has 3 nitrogen and oxygen atoms in total. The average molecular weight is 321 g/mol. The zero-order valence-electron chi connectivity index (χ0n) is 11.7. The quantitative estimate of drug-likeness (QED) is 0.688. The van der Waals surface area contributed by atoms with E-state index in [-0.39, 0.29) is 0 Å². The molecule has 1 heterocycles. The highest BCUT2D eigenvalue weighted by molar-refractivity contribution is 6.36. The molecule has 21 heavy (non-hydrogen) atoms. The number of rotatable bonds is 3. The third-order valence-corrected chi connectivity index (χ3v) is 3.77. The fourth-order valence-electron chi connectivity index (χ4n) is 2.28. The van der Waals surface area contributed by atoms with Crippen LogP contribution in [-0.2, 0) is 0 Å². The van der Waals surface area contributed by atoms with Gasteiger partial charge >= 0.3 is 0 Å². The molecule has 0 saturated heterocycles. The van der Waals surface area contributed by atoms with Gasteiger partial charge in [0.1, 0.15) is 5.52 Å². The largest absolute Gasteiger partial charge is 0.436 e. The number of aromatic nitrogens is 1. The molecule has 1 aromatic heterocycles. The first-order valence-corrected chi connectivity index (χ1v) is 7.44. The van der Waals surface area contributed by atoms with Gasteiger partial charge in [-0.1, -0.05) is 23.2 Å². The first-order valence-electron chi connectivity index (χ1n) is 6.69. The SMILES string of the molecule is CCNc1cc(C)c2oc(-c3ccc(Cl)cc3Cl)nc2c1. The van der Waals surface area contributed by atoms with Crippen LogP contribution in [0.4, 0.5) is 5.69 Å². The zero-order valence-corrected chi connectivity index (χ0v) is 13.2. The van der Waals surface area contributed by atoms with E-state index in [1.807, 2.05) is 25.1 Å². The predicted molar refractivity (Wildman–Crippen MR) is 88.4 cm³/mol. The maximum atomic E-state index is 6.22. The summed E-state index contributed by atoms with van der Waals surface area (Å²) in [4.78, 5) is 4.54. The second kappa shape index (κ2) is 5.58. The molecule has 0 aliphatic carbocycles. The molecule has 3 rings (SSSR count). The monoisotopic (exact) mass is 320 g/mol. The number of nitrogens with one attached hydrogen (secondary N) is 1. The van der Waals surface area contributed by atoms with E-state index in [2.05, 4.69) is 17.2 Å². The summed E-state index contributed by atoms with van der Waals surface area (Å²) < 4.78 is 5.87. The lowest BCUT2D eigenvalue weighted by Crippen LogP contribution is -1.96. The predicted octanol–water partition coefficient (Wildman–Crippen LogP) is 5.54. The smallest absolute Gasteiger partial charge is 0.228 e. The van der Waals surface area contributed by atoms with Crippen LogP contribution in [0.5, 0.6) is 0 Å². The first kappa shape index (κ1) is 14.2. The standard InChI is InChI=1S/C16H14Cl2N2O/c1-3-19-11-6-9(2)15-14(8-11)20-16(21-15)12-5-4-10(17)7-13(12)18/h4-8,19H,3H2,1-2H3. The highest BCUT2D eigenvalue weighted by Gasteiger charge is 2.14. The maximum Gasteiger partial charge on any atom is 0.228 e. The Kier molecular flexibility index (Phi) is 3.79. The second-order valence-electron chi connectivity index (χ2n) is 4.81. The van der Waals surface area contributed by atoms with Gasteiger partial charge in [0.05, 0.1) is 10.6 Å². The first-order chi connectivity index (χ1) is 10.1. The van der Waals surface area contributed by atoms with Crippen molar-refractivity contribution in [2.24, 2.45) is 0 Å². The molecular formula is C16H14Cl2N2O. The van der Waals surface area contributed by atoms with Crippen LogP contribution in [-0.4, -0.2) is 11.5 Å². The van der Waals surface area contributed by atoms with Gasteiger partial charge in [0.25, 0.3) is 0 Å². The minimum atomic E-state index is 0.503. The second-order valence-corrected chi connectivity index (χ2v) is 5.66. The third kappa shape index (κ3) is 2.71. The Morgan fingerprint density at radius 1 is 1.19 bits per heavy atom. The van der Waals surface area contributed by atoms with Crippen molar-refractivity contribution in [1.29, 1.82) is 0 Å². The van der Waals surface area contributed by atoms with Crippen molar-refractivity contribution in [1.82, 2.24) is 4.98 Å². The topological polar surface area (TPSA) is 38.1 Å². The fraction of sp³-hybridized carbons (Fsp3) is 0.188. The molecule has 5 heteroatoms. The molecule has 0 radical (unpaired) electrons. The Morgan fingerprint density at radius 2 is 2.00 bits per heavy atom. The lowest BCUT2D eigenvalue weighted by molar-refractivity contribution is 0.617. The summed E-state index contributed by atoms with van der Waals surface area (Å²) in [5.74, 6) is 0.503. The number of halogens is 2. The number of hydrogen-bond donors (Lipinski definition) is 1. The summed E-state index contributed by atoms with van der Waals surface area (Å²) in [7, 11) is 0. The summed E-state index contributed by atoms with van der Waals surface area (Å²) >= 11 is 12.1. The Bertz CT molecular complexity index is 811. The van der Waals surface area contributed by atoms with Gasteiger partial charge in [0.15, 0.2) is 5.58 Å². The van der Waals surface area contributed by atoms with Crippen LogP contribution in [0.3, 0.4) is 0 Å².